The molecule has 0 unspecified atom stereocenters. The zero-order valence-electron chi connectivity index (χ0n) is 8.05. The molecule has 0 saturated heterocycles. The lowest BCUT2D eigenvalue weighted by Gasteiger charge is -2.15. The van der Waals surface area contributed by atoms with Crippen molar-refractivity contribution in [2.45, 2.75) is 32.7 Å². The third-order valence-electron chi connectivity index (χ3n) is 2.08. The van der Waals surface area contributed by atoms with E-state index < -0.39 is 0 Å². The molecule has 1 heterocycles. The molecule has 0 radical (unpaired) electrons. The molecule has 0 aliphatic rings. The van der Waals surface area contributed by atoms with E-state index in [-0.39, 0.29) is 0 Å². The highest BCUT2D eigenvalue weighted by Crippen LogP contribution is 2.19. The van der Waals surface area contributed by atoms with Gasteiger partial charge in [-0.1, -0.05) is 25.4 Å². The number of aromatic nitrogens is 1. The molecule has 0 aromatic carbocycles. The van der Waals surface area contributed by atoms with Crippen molar-refractivity contribution < 1.29 is 0 Å². The number of rotatable bonds is 4. The number of anilines is 1. The molecular weight excluding hydrogens is 184 g/mol. The Morgan fingerprint density at radius 1 is 1.46 bits per heavy atom. The zero-order valence-corrected chi connectivity index (χ0v) is 8.80. The average Bonchev–Trinajstić information content (AvgIpc) is 2.17. The Hall–Kier alpha value is -0.760. The highest BCUT2D eigenvalue weighted by Gasteiger charge is 2.05. The maximum absolute atomic E-state index is 5.96. The van der Waals surface area contributed by atoms with Gasteiger partial charge in [-0.3, -0.25) is 0 Å². The molecule has 1 rings (SSSR count). The highest BCUT2D eigenvalue weighted by molar-refractivity contribution is 6.32. The number of pyridine rings is 1. The van der Waals surface area contributed by atoms with Crippen LogP contribution in [0.25, 0.3) is 0 Å². The van der Waals surface area contributed by atoms with Crippen molar-refractivity contribution in [3.63, 3.8) is 0 Å². The van der Waals surface area contributed by atoms with Crippen molar-refractivity contribution in [2.75, 3.05) is 5.32 Å². The van der Waals surface area contributed by atoms with E-state index in [1.807, 2.05) is 12.1 Å². The van der Waals surface area contributed by atoms with Crippen LogP contribution in [0.2, 0.25) is 5.02 Å². The van der Waals surface area contributed by atoms with Gasteiger partial charge < -0.3 is 5.32 Å². The van der Waals surface area contributed by atoms with Crippen LogP contribution in [0.4, 0.5) is 5.82 Å². The maximum atomic E-state index is 5.96. The fourth-order valence-electron chi connectivity index (χ4n) is 1.18. The first-order valence-corrected chi connectivity index (χ1v) is 5.02. The second-order valence-electron chi connectivity index (χ2n) is 2.99. The van der Waals surface area contributed by atoms with Crippen LogP contribution in [-0.4, -0.2) is 11.0 Å². The third kappa shape index (κ3) is 2.88. The predicted molar refractivity (Wildman–Crippen MR) is 57.2 cm³/mol. The Balaban J connectivity index is 2.67. The molecule has 0 spiro atoms. The Labute approximate surface area is 84.3 Å². The lowest BCUT2D eigenvalue weighted by molar-refractivity contribution is 0.668. The molecule has 72 valence electrons. The minimum Gasteiger partial charge on any atom is -0.366 e. The first-order chi connectivity index (χ1) is 6.27. The normalized spacial score (nSPS) is 10.5. The minimum atomic E-state index is 0.465. The zero-order chi connectivity index (χ0) is 9.68. The predicted octanol–water partition coefficient (Wildman–Crippen LogP) is 3.34. The fourth-order valence-corrected chi connectivity index (χ4v) is 1.35. The molecule has 0 atom stereocenters. The maximum Gasteiger partial charge on any atom is 0.144 e. The molecule has 0 aliphatic heterocycles. The molecule has 2 nitrogen and oxygen atoms in total. The molecule has 0 saturated carbocycles. The standard InChI is InChI=1S/C10H15ClN2/c1-3-8(4-2)13-10-9(11)6-5-7-12-10/h5-8H,3-4H2,1-2H3,(H,12,13). The van der Waals surface area contributed by atoms with Crippen LogP contribution in [0, 0.1) is 0 Å². The second-order valence-corrected chi connectivity index (χ2v) is 3.40. The summed E-state index contributed by atoms with van der Waals surface area (Å²) in [7, 11) is 0. The van der Waals surface area contributed by atoms with E-state index in [1.54, 1.807) is 6.20 Å². The number of halogens is 1. The van der Waals surface area contributed by atoms with Crippen LogP contribution in [-0.2, 0) is 0 Å². The van der Waals surface area contributed by atoms with E-state index in [9.17, 15) is 0 Å². The summed E-state index contributed by atoms with van der Waals surface area (Å²) >= 11 is 5.96. The molecule has 1 N–H and O–H groups in total. The summed E-state index contributed by atoms with van der Waals surface area (Å²) in [5.41, 5.74) is 0. The van der Waals surface area contributed by atoms with Gasteiger partial charge >= 0.3 is 0 Å². The van der Waals surface area contributed by atoms with Crippen LogP contribution in [0.3, 0.4) is 0 Å². The minimum absolute atomic E-state index is 0.465. The summed E-state index contributed by atoms with van der Waals surface area (Å²) in [6.45, 7) is 4.30. The summed E-state index contributed by atoms with van der Waals surface area (Å²) in [6, 6.07) is 4.15. The van der Waals surface area contributed by atoms with Gasteiger partial charge in [0.05, 0.1) is 5.02 Å². The Bertz CT molecular complexity index is 259. The van der Waals surface area contributed by atoms with Crippen LogP contribution >= 0.6 is 11.6 Å². The van der Waals surface area contributed by atoms with Gasteiger partial charge in [-0.05, 0) is 25.0 Å². The van der Waals surface area contributed by atoms with Gasteiger partial charge in [-0.25, -0.2) is 4.98 Å². The highest BCUT2D eigenvalue weighted by atomic mass is 35.5. The topological polar surface area (TPSA) is 24.9 Å². The van der Waals surface area contributed by atoms with E-state index >= 15 is 0 Å². The van der Waals surface area contributed by atoms with Gasteiger partial charge in [0.15, 0.2) is 0 Å². The molecule has 0 bridgehead atoms. The first kappa shape index (κ1) is 10.3. The SMILES string of the molecule is CCC(CC)Nc1ncccc1Cl. The molecule has 1 aromatic heterocycles. The molecule has 0 aliphatic carbocycles. The van der Waals surface area contributed by atoms with Crippen molar-refractivity contribution in [1.82, 2.24) is 4.98 Å². The molecule has 3 heteroatoms. The number of hydrogen-bond acceptors (Lipinski definition) is 2. The summed E-state index contributed by atoms with van der Waals surface area (Å²) in [5.74, 6) is 0.790. The Morgan fingerprint density at radius 3 is 2.69 bits per heavy atom. The number of hydrogen-bond donors (Lipinski definition) is 1. The average molecular weight is 199 g/mol. The monoisotopic (exact) mass is 198 g/mol. The van der Waals surface area contributed by atoms with Gasteiger partial charge in [-0.15, -0.1) is 0 Å². The molecule has 0 fully saturated rings. The van der Waals surface area contributed by atoms with Crippen molar-refractivity contribution in [2.24, 2.45) is 0 Å². The first-order valence-electron chi connectivity index (χ1n) is 4.65. The van der Waals surface area contributed by atoms with Crippen LogP contribution in [0.1, 0.15) is 26.7 Å². The van der Waals surface area contributed by atoms with Crippen molar-refractivity contribution >= 4 is 17.4 Å². The lowest BCUT2D eigenvalue weighted by atomic mass is 10.2. The third-order valence-corrected chi connectivity index (χ3v) is 2.39. The fraction of sp³-hybridized carbons (Fsp3) is 0.500. The summed E-state index contributed by atoms with van der Waals surface area (Å²) in [5, 5.41) is 3.99. The van der Waals surface area contributed by atoms with Crippen LogP contribution in [0.5, 0.6) is 0 Å². The van der Waals surface area contributed by atoms with Gasteiger partial charge in [0, 0.05) is 12.2 Å². The van der Waals surface area contributed by atoms with Gasteiger partial charge in [0.2, 0.25) is 0 Å². The molecule has 1 aromatic rings. The van der Waals surface area contributed by atoms with Crippen molar-refractivity contribution in [3.05, 3.63) is 23.4 Å². The summed E-state index contributed by atoms with van der Waals surface area (Å²) in [4.78, 5) is 4.17. The van der Waals surface area contributed by atoms with Crippen molar-refractivity contribution in [1.29, 1.82) is 0 Å². The van der Waals surface area contributed by atoms with E-state index in [1.165, 1.54) is 0 Å². The Kier molecular flexibility index (Phi) is 4.03. The molecule has 13 heavy (non-hydrogen) atoms. The largest absolute Gasteiger partial charge is 0.366 e. The quantitative estimate of drug-likeness (QED) is 0.803. The van der Waals surface area contributed by atoms with Crippen LogP contribution in [0.15, 0.2) is 18.3 Å². The van der Waals surface area contributed by atoms with Crippen molar-refractivity contribution in [3.8, 4) is 0 Å². The summed E-state index contributed by atoms with van der Waals surface area (Å²) in [6.07, 6.45) is 3.92. The van der Waals surface area contributed by atoms with Gasteiger partial charge in [0.25, 0.3) is 0 Å². The smallest absolute Gasteiger partial charge is 0.144 e. The number of nitrogens with zero attached hydrogens (tertiary/aromatic N) is 1. The van der Waals surface area contributed by atoms with Gasteiger partial charge in [-0.2, -0.15) is 0 Å². The summed E-state index contributed by atoms with van der Waals surface area (Å²) < 4.78 is 0. The number of nitrogens with one attached hydrogen (secondary N) is 1. The molecule has 0 amide bonds. The van der Waals surface area contributed by atoms with Gasteiger partial charge in [0.1, 0.15) is 5.82 Å². The van der Waals surface area contributed by atoms with E-state index in [0.717, 1.165) is 18.7 Å². The van der Waals surface area contributed by atoms with E-state index in [2.05, 4.69) is 24.1 Å². The van der Waals surface area contributed by atoms with E-state index in [0.29, 0.717) is 11.1 Å². The lowest BCUT2D eigenvalue weighted by Crippen LogP contribution is -2.17. The second kappa shape index (κ2) is 5.07. The van der Waals surface area contributed by atoms with E-state index in [4.69, 9.17) is 11.6 Å². The molecular formula is C10H15ClN2. The Morgan fingerprint density at radius 2 is 2.15 bits per heavy atom. The van der Waals surface area contributed by atoms with Crippen LogP contribution < -0.4 is 5.32 Å².